The van der Waals surface area contributed by atoms with Crippen molar-refractivity contribution < 1.29 is 28.9 Å². The molecule has 12 nitrogen and oxygen atoms in total. The number of carbonyl (C=O) groups excluding carboxylic acids is 1. The number of benzene rings is 1. The molecule has 2 amide bonds. The van der Waals surface area contributed by atoms with E-state index in [0.717, 1.165) is 27.8 Å². The summed E-state index contributed by atoms with van der Waals surface area (Å²) in [5.74, 6) is 1.95. The van der Waals surface area contributed by atoms with Crippen LogP contribution in [0.2, 0.25) is 0 Å². The number of halogens is 1. The number of anilines is 3. The summed E-state index contributed by atoms with van der Waals surface area (Å²) in [6, 6.07) is 6.96. The van der Waals surface area contributed by atoms with E-state index in [1.165, 1.54) is 0 Å². The molecule has 0 spiro atoms. The van der Waals surface area contributed by atoms with Crippen LogP contribution in [0.4, 0.5) is 26.9 Å². The number of hydrogen-bond donors (Lipinski definition) is 1. The van der Waals surface area contributed by atoms with Gasteiger partial charge in [0.05, 0.1) is 34.1 Å². The smallest absolute Gasteiger partial charge is 0.420 e. The number of fused-ring (bicyclic) bond motifs is 2. The molecular formula is C32H43IN6O6. The van der Waals surface area contributed by atoms with Gasteiger partial charge in [0.15, 0.2) is 11.5 Å². The first-order valence-corrected chi connectivity index (χ1v) is 16.4. The lowest BCUT2D eigenvalue weighted by Gasteiger charge is -2.50. The van der Waals surface area contributed by atoms with Gasteiger partial charge in [-0.3, -0.25) is 0 Å². The van der Waals surface area contributed by atoms with Gasteiger partial charge in [-0.25, -0.2) is 19.5 Å². The number of rotatable bonds is 7. The standard InChI is InChI=1S/C32H43IN6O6/c1-31(2,3)25-24(9-8-15-37(25)29(40)41)36-16-14-22-26(36)35-27-23(33)19-34-39(27)28(22)38(30(42)45-32(4,5)6)20-10-12-21(13-11-20)44-18-17-43-7/h10-13,19,24-25H,8-9,14-18H2,1-7H3,(H,40,41)/t24?,25-/m1/s1. The summed E-state index contributed by atoms with van der Waals surface area (Å²) >= 11 is 2.21. The highest BCUT2D eigenvalue weighted by atomic mass is 127. The number of amides is 2. The molecule has 1 fully saturated rings. The van der Waals surface area contributed by atoms with Crippen molar-refractivity contribution in [1.82, 2.24) is 19.5 Å². The number of ether oxygens (including phenoxy) is 3. The number of methoxy groups -OCH3 is 1. The molecule has 3 aromatic rings. The Bertz CT molecular complexity index is 1550. The zero-order valence-corrected chi connectivity index (χ0v) is 29.2. The van der Waals surface area contributed by atoms with E-state index in [0.29, 0.717) is 55.6 Å². The molecule has 244 valence electrons. The normalized spacial score (nSPS) is 18.7. The number of likely N-dealkylation sites (tertiary alicyclic amines) is 1. The minimum Gasteiger partial charge on any atom is -0.491 e. The van der Waals surface area contributed by atoms with Gasteiger partial charge < -0.3 is 29.1 Å². The van der Waals surface area contributed by atoms with E-state index in [9.17, 15) is 14.7 Å². The van der Waals surface area contributed by atoms with Crippen LogP contribution in [0.3, 0.4) is 0 Å². The highest BCUT2D eigenvalue weighted by Gasteiger charge is 2.47. The highest BCUT2D eigenvalue weighted by molar-refractivity contribution is 14.1. The molecule has 13 heteroatoms. The fourth-order valence-electron chi connectivity index (χ4n) is 6.44. The van der Waals surface area contributed by atoms with Crippen LogP contribution in [0, 0.1) is 8.99 Å². The Morgan fingerprint density at radius 1 is 1.09 bits per heavy atom. The van der Waals surface area contributed by atoms with Gasteiger partial charge in [0.1, 0.15) is 23.8 Å². The zero-order chi connectivity index (χ0) is 32.7. The van der Waals surface area contributed by atoms with Crippen LogP contribution in [-0.2, 0) is 15.9 Å². The molecule has 1 saturated heterocycles. The first kappa shape index (κ1) is 33.0. The largest absolute Gasteiger partial charge is 0.491 e. The van der Waals surface area contributed by atoms with E-state index in [4.69, 9.17) is 19.2 Å². The third-order valence-electron chi connectivity index (χ3n) is 8.10. The molecule has 2 aliphatic rings. The van der Waals surface area contributed by atoms with Gasteiger partial charge in [-0.2, -0.15) is 9.61 Å². The van der Waals surface area contributed by atoms with Gasteiger partial charge in [0.2, 0.25) is 0 Å². The second-order valence-electron chi connectivity index (χ2n) is 13.6. The van der Waals surface area contributed by atoms with Gasteiger partial charge in [0, 0.05) is 25.8 Å². The minimum atomic E-state index is -0.903. The lowest BCUT2D eigenvalue weighted by Crippen LogP contribution is -2.61. The van der Waals surface area contributed by atoms with Crippen molar-refractivity contribution in [3.05, 3.63) is 39.6 Å². The molecule has 45 heavy (non-hydrogen) atoms. The summed E-state index contributed by atoms with van der Waals surface area (Å²) in [5.41, 5.74) is 1.00. The molecule has 0 saturated carbocycles. The Morgan fingerprint density at radius 3 is 2.42 bits per heavy atom. The molecule has 2 atom stereocenters. The predicted molar refractivity (Wildman–Crippen MR) is 180 cm³/mol. The molecule has 1 N–H and O–H groups in total. The number of piperidine rings is 1. The molecule has 0 bridgehead atoms. The van der Waals surface area contributed by atoms with Crippen molar-refractivity contribution in [2.75, 3.05) is 43.2 Å². The maximum absolute atomic E-state index is 14.1. The minimum absolute atomic E-state index is 0.0852. The third-order valence-corrected chi connectivity index (χ3v) is 8.86. The summed E-state index contributed by atoms with van der Waals surface area (Å²) in [4.78, 5) is 37.0. The second kappa shape index (κ2) is 12.8. The maximum atomic E-state index is 14.1. The molecule has 0 aliphatic carbocycles. The Labute approximate surface area is 277 Å². The number of carbonyl (C=O) groups is 2. The highest BCUT2D eigenvalue weighted by Crippen LogP contribution is 2.44. The van der Waals surface area contributed by atoms with Crippen LogP contribution in [0.15, 0.2) is 30.5 Å². The number of hydrogen-bond acceptors (Lipinski definition) is 8. The molecule has 5 rings (SSSR count). The number of carboxylic acid groups (broad SMARTS) is 1. The summed E-state index contributed by atoms with van der Waals surface area (Å²) < 4.78 is 19.4. The van der Waals surface area contributed by atoms with E-state index < -0.39 is 17.8 Å². The van der Waals surface area contributed by atoms with Gasteiger partial charge in [-0.05, 0) is 92.3 Å². The van der Waals surface area contributed by atoms with Crippen LogP contribution in [0.25, 0.3) is 5.65 Å². The van der Waals surface area contributed by atoms with Crippen molar-refractivity contribution in [3.8, 4) is 5.75 Å². The summed E-state index contributed by atoms with van der Waals surface area (Å²) in [7, 11) is 1.62. The van der Waals surface area contributed by atoms with Crippen molar-refractivity contribution in [2.24, 2.45) is 5.41 Å². The molecule has 2 aliphatic heterocycles. The Hall–Kier alpha value is -3.33. The Kier molecular flexibility index (Phi) is 9.41. The van der Waals surface area contributed by atoms with E-state index in [2.05, 4.69) is 53.4 Å². The number of nitrogens with zero attached hydrogens (tertiary/aromatic N) is 6. The first-order valence-electron chi connectivity index (χ1n) is 15.3. The third kappa shape index (κ3) is 6.79. The summed E-state index contributed by atoms with van der Waals surface area (Å²) in [6.07, 6.45) is 2.48. The fraction of sp³-hybridized carbons (Fsp3) is 0.562. The fourth-order valence-corrected chi connectivity index (χ4v) is 6.92. The van der Waals surface area contributed by atoms with Crippen LogP contribution >= 0.6 is 22.6 Å². The van der Waals surface area contributed by atoms with E-state index in [1.54, 1.807) is 27.6 Å². The van der Waals surface area contributed by atoms with E-state index in [1.807, 2.05) is 45.0 Å². The van der Waals surface area contributed by atoms with Crippen molar-refractivity contribution in [1.29, 1.82) is 0 Å². The van der Waals surface area contributed by atoms with Gasteiger partial charge in [0.25, 0.3) is 0 Å². The van der Waals surface area contributed by atoms with Crippen molar-refractivity contribution in [2.45, 2.75) is 78.5 Å². The zero-order valence-electron chi connectivity index (χ0n) is 27.0. The van der Waals surface area contributed by atoms with Crippen LogP contribution in [0.1, 0.15) is 59.9 Å². The first-order chi connectivity index (χ1) is 21.2. The molecular weight excluding hydrogens is 691 g/mol. The van der Waals surface area contributed by atoms with Gasteiger partial charge in [-0.15, -0.1) is 0 Å². The van der Waals surface area contributed by atoms with E-state index >= 15 is 0 Å². The molecule has 2 aromatic heterocycles. The maximum Gasteiger partial charge on any atom is 0.420 e. The lowest BCUT2D eigenvalue weighted by molar-refractivity contribution is 0.0454. The quantitative estimate of drug-likeness (QED) is 0.219. The van der Waals surface area contributed by atoms with Crippen LogP contribution < -0.4 is 14.5 Å². The van der Waals surface area contributed by atoms with E-state index in [-0.39, 0.29) is 17.5 Å². The van der Waals surface area contributed by atoms with Crippen LogP contribution in [-0.4, -0.2) is 87.9 Å². The predicted octanol–water partition coefficient (Wildman–Crippen LogP) is 6.35. The summed E-state index contributed by atoms with van der Waals surface area (Å²) in [5, 5.41) is 14.8. The van der Waals surface area contributed by atoms with Gasteiger partial charge >= 0.3 is 12.2 Å². The van der Waals surface area contributed by atoms with Crippen LogP contribution in [0.5, 0.6) is 5.75 Å². The molecule has 0 radical (unpaired) electrons. The topological polar surface area (TPSA) is 122 Å². The lowest BCUT2D eigenvalue weighted by atomic mass is 9.77. The van der Waals surface area contributed by atoms with Crippen molar-refractivity contribution >= 4 is 57.7 Å². The monoisotopic (exact) mass is 734 g/mol. The van der Waals surface area contributed by atoms with Crippen molar-refractivity contribution in [3.63, 3.8) is 0 Å². The summed E-state index contributed by atoms with van der Waals surface area (Å²) in [6.45, 7) is 13.8. The van der Waals surface area contributed by atoms with Gasteiger partial charge in [-0.1, -0.05) is 20.8 Å². The number of aromatic nitrogens is 3. The average molecular weight is 735 g/mol. The molecule has 1 aromatic carbocycles. The Morgan fingerprint density at radius 2 is 1.80 bits per heavy atom. The molecule has 4 heterocycles. The second-order valence-corrected chi connectivity index (χ2v) is 14.7. The Balaban J connectivity index is 1.66. The molecule has 1 unspecified atom stereocenters. The average Bonchev–Trinajstić information content (AvgIpc) is 3.55. The SMILES string of the molecule is COCCOc1ccc(N(C(=O)OC(C)(C)C)c2c3c(nc4c(I)cnn24)N(C2CCCN(C(=O)O)[C@H]2C(C)(C)C)CC3)cc1.